The predicted octanol–water partition coefficient (Wildman–Crippen LogP) is 4.05. The third-order valence-corrected chi connectivity index (χ3v) is 4.61. The number of hydrogen-bond donors (Lipinski definition) is 2. The summed E-state index contributed by atoms with van der Waals surface area (Å²) < 4.78 is 18.2. The van der Waals surface area contributed by atoms with E-state index in [1.54, 1.807) is 12.1 Å². The molecular formula is C19H27FIN5O. The van der Waals surface area contributed by atoms with E-state index in [4.69, 9.17) is 10.3 Å². The van der Waals surface area contributed by atoms with Gasteiger partial charge in [0.15, 0.2) is 5.96 Å². The second-order valence-corrected chi connectivity index (χ2v) is 6.72. The van der Waals surface area contributed by atoms with E-state index < -0.39 is 0 Å². The van der Waals surface area contributed by atoms with E-state index in [0.29, 0.717) is 36.7 Å². The molecule has 0 atom stereocenters. The molecule has 1 aliphatic rings. The Balaban J connectivity index is 0.00000261. The van der Waals surface area contributed by atoms with Crippen LogP contribution in [0.1, 0.15) is 50.8 Å². The Labute approximate surface area is 176 Å². The first kappa shape index (κ1) is 21.6. The Morgan fingerprint density at radius 2 is 1.89 bits per heavy atom. The number of nitrogens with two attached hydrogens (primary N) is 1. The van der Waals surface area contributed by atoms with Crippen molar-refractivity contribution in [1.29, 1.82) is 0 Å². The minimum Gasteiger partial charge on any atom is -0.370 e. The number of aryl methyl sites for hydroxylation is 1. The number of aromatic nitrogens is 2. The molecule has 6 nitrogen and oxygen atoms in total. The second-order valence-electron chi connectivity index (χ2n) is 6.72. The van der Waals surface area contributed by atoms with E-state index in [2.05, 4.69) is 20.4 Å². The Kier molecular flexibility index (Phi) is 8.96. The summed E-state index contributed by atoms with van der Waals surface area (Å²) in [4.78, 5) is 8.73. The first-order valence-corrected chi connectivity index (χ1v) is 9.36. The number of hydrogen-bond acceptors (Lipinski definition) is 4. The van der Waals surface area contributed by atoms with Gasteiger partial charge in [-0.1, -0.05) is 30.8 Å². The zero-order valence-corrected chi connectivity index (χ0v) is 17.7. The van der Waals surface area contributed by atoms with Crippen molar-refractivity contribution in [3.8, 4) is 11.4 Å². The number of benzene rings is 1. The van der Waals surface area contributed by atoms with Crippen molar-refractivity contribution >= 4 is 29.9 Å². The quantitative estimate of drug-likeness (QED) is 0.211. The minimum absolute atomic E-state index is 0. The molecule has 0 aliphatic heterocycles. The zero-order chi connectivity index (χ0) is 18.2. The van der Waals surface area contributed by atoms with Gasteiger partial charge in [0.05, 0.1) is 0 Å². The molecule has 1 fully saturated rings. The van der Waals surface area contributed by atoms with Gasteiger partial charge in [0.1, 0.15) is 5.82 Å². The second kappa shape index (κ2) is 11.2. The normalized spacial score (nSPS) is 15.8. The van der Waals surface area contributed by atoms with E-state index in [9.17, 15) is 4.39 Å². The third kappa shape index (κ3) is 7.08. The van der Waals surface area contributed by atoms with Gasteiger partial charge in [-0.15, -0.1) is 24.0 Å². The predicted molar refractivity (Wildman–Crippen MR) is 115 cm³/mol. The Morgan fingerprint density at radius 3 is 2.59 bits per heavy atom. The molecule has 0 radical (unpaired) electrons. The summed E-state index contributed by atoms with van der Waals surface area (Å²) in [6.07, 6.45) is 8.91. The van der Waals surface area contributed by atoms with Crippen LogP contribution in [-0.4, -0.2) is 28.7 Å². The van der Waals surface area contributed by atoms with E-state index >= 15 is 0 Å². The first-order valence-electron chi connectivity index (χ1n) is 9.36. The molecule has 8 heteroatoms. The molecule has 0 saturated heterocycles. The smallest absolute Gasteiger partial charge is 0.227 e. The largest absolute Gasteiger partial charge is 0.370 e. The lowest BCUT2D eigenvalue weighted by Gasteiger charge is -2.16. The summed E-state index contributed by atoms with van der Waals surface area (Å²) in [6, 6.07) is 6.48. The highest BCUT2D eigenvalue weighted by atomic mass is 127. The van der Waals surface area contributed by atoms with Gasteiger partial charge in [-0.25, -0.2) is 4.39 Å². The summed E-state index contributed by atoms with van der Waals surface area (Å²) in [5.41, 5.74) is 6.72. The number of halogens is 2. The maximum atomic E-state index is 13.0. The molecule has 0 spiro atoms. The van der Waals surface area contributed by atoms with Crippen LogP contribution in [0.3, 0.4) is 0 Å². The Hall–Kier alpha value is -1.71. The Bertz CT molecular complexity index is 711. The highest BCUT2D eigenvalue weighted by Gasteiger charge is 2.12. The molecule has 1 aromatic carbocycles. The van der Waals surface area contributed by atoms with Crippen molar-refractivity contribution in [2.75, 3.05) is 6.54 Å². The molecule has 1 aromatic heterocycles. The number of guanidine groups is 1. The lowest BCUT2D eigenvalue weighted by Crippen LogP contribution is -2.39. The fraction of sp³-hybridized carbons (Fsp3) is 0.526. The molecule has 3 N–H and O–H groups in total. The van der Waals surface area contributed by atoms with E-state index in [1.807, 2.05) is 0 Å². The van der Waals surface area contributed by atoms with Crippen LogP contribution in [0.15, 0.2) is 33.8 Å². The molecule has 0 amide bonds. The van der Waals surface area contributed by atoms with Gasteiger partial charge in [0.2, 0.25) is 11.7 Å². The van der Waals surface area contributed by atoms with Crippen LogP contribution in [0.4, 0.5) is 4.39 Å². The third-order valence-electron chi connectivity index (χ3n) is 4.61. The van der Waals surface area contributed by atoms with Crippen LogP contribution in [0.2, 0.25) is 0 Å². The molecule has 1 saturated carbocycles. The molecule has 3 rings (SSSR count). The average molecular weight is 487 g/mol. The number of nitrogens with zero attached hydrogens (tertiary/aromatic N) is 3. The van der Waals surface area contributed by atoms with Crippen molar-refractivity contribution in [1.82, 2.24) is 15.5 Å². The highest BCUT2D eigenvalue weighted by molar-refractivity contribution is 14.0. The first-order chi connectivity index (χ1) is 12.7. The maximum Gasteiger partial charge on any atom is 0.227 e. The van der Waals surface area contributed by atoms with Crippen molar-refractivity contribution in [2.24, 2.45) is 10.7 Å². The van der Waals surface area contributed by atoms with Crippen molar-refractivity contribution < 1.29 is 8.91 Å². The van der Waals surface area contributed by atoms with Gasteiger partial charge < -0.3 is 15.6 Å². The minimum atomic E-state index is -0.287. The van der Waals surface area contributed by atoms with Gasteiger partial charge in [-0.3, -0.25) is 4.99 Å². The van der Waals surface area contributed by atoms with Gasteiger partial charge in [-0.05, 0) is 43.5 Å². The molecule has 148 valence electrons. The standard InChI is InChI=1S/C19H26FN5O.HI/c20-15-11-9-14(10-12-15)18-24-17(26-25-18)8-5-13-22-19(21)23-16-6-3-1-2-4-7-16;/h9-12,16H,1-8,13H2,(H3,21,22,23);1H. The summed E-state index contributed by atoms with van der Waals surface area (Å²) in [5.74, 6) is 1.26. The summed E-state index contributed by atoms with van der Waals surface area (Å²) in [5, 5.41) is 7.27. The lowest BCUT2D eigenvalue weighted by atomic mass is 10.1. The summed E-state index contributed by atoms with van der Waals surface area (Å²) in [7, 11) is 0. The van der Waals surface area contributed by atoms with Crippen LogP contribution < -0.4 is 11.1 Å². The molecule has 0 unspecified atom stereocenters. The molecule has 0 bridgehead atoms. The van der Waals surface area contributed by atoms with Gasteiger partial charge >= 0.3 is 0 Å². The fourth-order valence-corrected chi connectivity index (χ4v) is 3.18. The average Bonchev–Trinajstić information content (AvgIpc) is 2.96. The zero-order valence-electron chi connectivity index (χ0n) is 15.4. The SMILES string of the molecule is I.NC(=NCCCc1nc(-c2ccc(F)cc2)no1)NC1CCCCCC1. The van der Waals surface area contributed by atoms with E-state index in [1.165, 1.54) is 50.7 Å². The summed E-state index contributed by atoms with van der Waals surface area (Å²) in [6.45, 7) is 0.611. The van der Waals surface area contributed by atoms with Gasteiger partial charge in [0, 0.05) is 24.6 Å². The maximum absolute atomic E-state index is 13.0. The molecule has 2 aromatic rings. The monoisotopic (exact) mass is 487 g/mol. The molecule has 1 aliphatic carbocycles. The van der Waals surface area contributed by atoms with E-state index in [-0.39, 0.29) is 29.8 Å². The van der Waals surface area contributed by atoms with Crippen LogP contribution in [-0.2, 0) is 6.42 Å². The van der Waals surface area contributed by atoms with Gasteiger partial charge in [0.25, 0.3) is 0 Å². The van der Waals surface area contributed by atoms with Crippen molar-refractivity contribution in [2.45, 2.75) is 57.4 Å². The van der Waals surface area contributed by atoms with E-state index in [0.717, 1.165) is 12.0 Å². The number of nitrogens with one attached hydrogen (secondary N) is 1. The van der Waals surface area contributed by atoms with Crippen molar-refractivity contribution in [3.63, 3.8) is 0 Å². The van der Waals surface area contributed by atoms with Crippen LogP contribution in [0, 0.1) is 5.82 Å². The van der Waals surface area contributed by atoms with Crippen molar-refractivity contribution in [3.05, 3.63) is 36.0 Å². The van der Waals surface area contributed by atoms with Crippen LogP contribution >= 0.6 is 24.0 Å². The molecular weight excluding hydrogens is 460 g/mol. The lowest BCUT2D eigenvalue weighted by molar-refractivity contribution is 0.376. The van der Waals surface area contributed by atoms with Crippen LogP contribution in [0.25, 0.3) is 11.4 Å². The summed E-state index contributed by atoms with van der Waals surface area (Å²) >= 11 is 0. The number of rotatable bonds is 6. The Morgan fingerprint density at radius 1 is 1.19 bits per heavy atom. The highest BCUT2D eigenvalue weighted by Crippen LogP contribution is 2.17. The topological polar surface area (TPSA) is 89.3 Å². The number of aliphatic imine (C=N–C) groups is 1. The van der Waals surface area contributed by atoms with Crippen LogP contribution in [0.5, 0.6) is 0 Å². The molecule has 27 heavy (non-hydrogen) atoms. The van der Waals surface area contributed by atoms with Gasteiger partial charge in [-0.2, -0.15) is 4.98 Å². The molecule has 1 heterocycles. The fourth-order valence-electron chi connectivity index (χ4n) is 3.18.